The van der Waals surface area contributed by atoms with Crippen LogP contribution in [0, 0.1) is 10.1 Å². The third-order valence-corrected chi connectivity index (χ3v) is 4.79. The van der Waals surface area contributed by atoms with Gasteiger partial charge >= 0.3 is 0 Å². The Balaban J connectivity index is 1.76. The van der Waals surface area contributed by atoms with Crippen LogP contribution in [0.25, 0.3) is 0 Å². The first-order chi connectivity index (χ1) is 12.7. The highest BCUT2D eigenvalue weighted by Gasteiger charge is 2.37. The van der Waals surface area contributed by atoms with Crippen molar-refractivity contribution in [2.75, 3.05) is 11.9 Å². The van der Waals surface area contributed by atoms with Gasteiger partial charge in [0.1, 0.15) is 6.54 Å². The Bertz CT molecular complexity index is 984. The number of nitro benzene ring substituents is 1. The molecular weight excluding hydrogens is 421 g/mol. The Kier molecular flexibility index (Phi) is 5.05. The first-order valence-corrected chi connectivity index (χ1v) is 8.41. The van der Waals surface area contributed by atoms with Crippen molar-refractivity contribution in [1.29, 1.82) is 0 Å². The summed E-state index contributed by atoms with van der Waals surface area (Å²) in [6, 6.07) is 6.02. The molecule has 138 valence electrons. The average Bonchev–Trinajstić information content (AvgIpc) is 2.82. The van der Waals surface area contributed by atoms with Gasteiger partial charge in [0.05, 0.1) is 36.8 Å². The molecule has 0 aliphatic carbocycles. The summed E-state index contributed by atoms with van der Waals surface area (Å²) in [6.45, 7) is -0.575. The molecule has 1 aliphatic heterocycles. The van der Waals surface area contributed by atoms with Crippen molar-refractivity contribution in [2.45, 2.75) is 0 Å². The Labute approximate surface area is 166 Å². The third-order valence-electron chi connectivity index (χ3n) is 3.75. The smallest absolute Gasteiger partial charge is 0.271 e. The number of amides is 3. The van der Waals surface area contributed by atoms with Crippen molar-refractivity contribution in [2.24, 2.45) is 0 Å². The zero-order valence-electron chi connectivity index (χ0n) is 13.2. The number of carbonyl (C=O) groups is 3. The number of nitro groups is 1. The molecule has 11 heteroatoms. The van der Waals surface area contributed by atoms with Crippen LogP contribution < -0.4 is 5.32 Å². The Morgan fingerprint density at radius 2 is 1.56 bits per heavy atom. The second kappa shape index (κ2) is 7.15. The molecule has 1 aliphatic rings. The number of hydrogen-bond donors (Lipinski definition) is 1. The molecule has 0 atom stereocenters. The molecule has 0 saturated heterocycles. The van der Waals surface area contributed by atoms with Gasteiger partial charge in [0.15, 0.2) is 0 Å². The molecule has 0 spiro atoms. The van der Waals surface area contributed by atoms with Gasteiger partial charge in [-0.3, -0.25) is 29.4 Å². The SMILES string of the molecule is O=C(CN1C(=O)c2cc(Cl)c(Cl)cc2C1=O)Nc1ccc([N+](=O)[O-])cc1Cl. The largest absolute Gasteiger partial charge is 0.323 e. The van der Waals surface area contributed by atoms with Gasteiger partial charge in [-0.25, -0.2) is 0 Å². The summed E-state index contributed by atoms with van der Waals surface area (Å²) in [6.07, 6.45) is 0. The van der Waals surface area contributed by atoms with Gasteiger partial charge in [-0.2, -0.15) is 0 Å². The van der Waals surface area contributed by atoms with E-state index in [4.69, 9.17) is 34.8 Å². The zero-order chi connectivity index (χ0) is 19.9. The highest BCUT2D eigenvalue weighted by Crippen LogP contribution is 2.31. The minimum atomic E-state index is -0.711. The molecule has 3 rings (SSSR count). The van der Waals surface area contributed by atoms with Gasteiger partial charge in [0, 0.05) is 12.1 Å². The lowest BCUT2D eigenvalue weighted by Gasteiger charge is -2.14. The van der Waals surface area contributed by atoms with Crippen LogP contribution in [0.4, 0.5) is 11.4 Å². The first kappa shape index (κ1) is 19.1. The number of anilines is 1. The number of halogens is 3. The van der Waals surface area contributed by atoms with Gasteiger partial charge < -0.3 is 5.32 Å². The molecule has 0 radical (unpaired) electrons. The van der Waals surface area contributed by atoms with Gasteiger partial charge in [0.2, 0.25) is 5.91 Å². The number of nitrogens with zero attached hydrogens (tertiary/aromatic N) is 2. The molecule has 27 heavy (non-hydrogen) atoms. The summed E-state index contributed by atoms with van der Waals surface area (Å²) in [5.74, 6) is -2.07. The molecule has 2 aromatic carbocycles. The van der Waals surface area contributed by atoms with E-state index in [1.165, 1.54) is 18.2 Å². The Hall–Kier alpha value is -2.68. The number of hydrogen-bond acceptors (Lipinski definition) is 5. The van der Waals surface area contributed by atoms with Crippen LogP contribution in [0.15, 0.2) is 30.3 Å². The highest BCUT2D eigenvalue weighted by atomic mass is 35.5. The van der Waals surface area contributed by atoms with Gasteiger partial charge in [-0.1, -0.05) is 34.8 Å². The molecule has 0 fully saturated rings. The molecule has 0 aromatic heterocycles. The van der Waals surface area contributed by atoms with Gasteiger partial charge in [-0.05, 0) is 18.2 Å². The molecular formula is C16H8Cl3N3O5. The highest BCUT2D eigenvalue weighted by molar-refractivity contribution is 6.43. The normalized spacial score (nSPS) is 12.9. The molecule has 0 unspecified atom stereocenters. The van der Waals surface area contributed by atoms with E-state index < -0.39 is 29.2 Å². The predicted octanol–water partition coefficient (Wildman–Crippen LogP) is 3.79. The van der Waals surface area contributed by atoms with Gasteiger partial charge in [0.25, 0.3) is 17.5 Å². The second-order valence-corrected chi connectivity index (χ2v) is 6.70. The number of benzene rings is 2. The summed E-state index contributed by atoms with van der Waals surface area (Å²) >= 11 is 17.6. The molecule has 1 N–H and O–H groups in total. The van der Waals surface area contributed by atoms with E-state index in [1.807, 2.05) is 0 Å². The number of nitrogens with one attached hydrogen (secondary N) is 1. The Morgan fingerprint density at radius 1 is 1.00 bits per heavy atom. The number of non-ortho nitro benzene ring substituents is 1. The number of rotatable bonds is 4. The van der Waals surface area contributed by atoms with E-state index in [1.54, 1.807) is 0 Å². The van der Waals surface area contributed by atoms with E-state index in [2.05, 4.69) is 5.32 Å². The number of fused-ring (bicyclic) bond motifs is 1. The molecule has 0 saturated carbocycles. The quantitative estimate of drug-likeness (QED) is 0.452. The van der Waals surface area contributed by atoms with E-state index in [0.717, 1.165) is 17.0 Å². The first-order valence-electron chi connectivity index (χ1n) is 7.28. The standard InChI is InChI=1S/C16H8Cl3N3O5/c17-10-4-8-9(5-11(10)18)16(25)21(15(8)24)6-14(23)20-13-2-1-7(22(26)27)3-12(13)19/h1-5H,6H2,(H,20,23). The number of imide groups is 1. The summed E-state index contributed by atoms with van der Waals surface area (Å²) in [5.41, 5.74) is -0.0341. The van der Waals surface area contributed by atoms with Crippen LogP contribution in [-0.2, 0) is 4.79 Å². The summed E-state index contributed by atoms with van der Waals surface area (Å²) in [5, 5.41) is 13.3. The van der Waals surface area contributed by atoms with Crippen LogP contribution in [-0.4, -0.2) is 34.1 Å². The third kappa shape index (κ3) is 3.59. The summed E-state index contributed by atoms with van der Waals surface area (Å²) < 4.78 is 0. The maximum atomic E-state index is 12.4. The summed E-state index contributed by atoms with van der Waals surface area (Å²) in [4.78, 5) is 47.8. The summed E-state index contributed by atoms with van der Waals surface area (Å²) in [7, 11) is 0. The van der Waals surface area contributed by atoms with Crippen LogP contribution in [0.5, 0.6) is 0 Å². The van der Waals surface area contributed by atoms with Crippen molar-refractivity contribution >= 4 is 63.9 Å². The van der Waals surface area contributed by atoms with Crippen molar-refractivity contribution in [1.82, 2.24) is 4.90 Å². The second-order valence-electron chi connectivity index (χ2n) is 5.48. The molecule has 2 aromatic rings. The van der Waals surface area contributed by atoms with Crippen molar-refractivity contribution in [3.8, 4) is 0 Å². The fraction of sp³-hybridized carbons (Fsp3) is 0.0625. The van der Waals surface area contributed by atoms with Gasteiger partial charge in [-0.15, -0.1) is 0 Å². The molecule has 0 bridgehead atoms. The fourth-order valence-corrected chi connectivity index (χ4v) is 3.03. The van der Waals surface area contributed by atoms with E-state index in [0.29, 0.717) is 0 Å². The van der Waals surface area contributed by atoms with Crippen LogP contribution in [0.2, 0.25) is 15.1 Å². The van der Waals surface area contributed by atoms with E-state index in [-0.39, 0.29) is 37.6 Å². The number of carbonyl (C=O) groups excluding carboxylic acids is 3. The van der Waals surface area contributed by atoms with Crippen LogP contribution in [0.1, 0.15) is 20.7 Å². The lowest BCUT2D eigenvalue weighted by atomic mass is 10.1. The van der Waals surface area contributed by atoms with Crippen molar-refractivity contribution < 1.29 is 19.3 Å². The molecule has 3 amide bonds. The van der Waals surface area contributed by atoms with Crippen LogP contribution >= 0.6 is 34.8 Å². The van der Waals surface area contributed by atoms with Crippen LogP contribution in [0.3, 0.4) is 0 Å². The molecule has 8 nitrogen and oxygen atoms in total. The fourth-order valence-electron chi connectivity index (χ4n) is 2.48. The minimum Gasteiger partial charge on any atom is -0.323 e. The lowest BCUT2D eigenvalue weighted by Crippen LogP contribution is -2.37. The average molecular weight is 429 g/mol. The van der Waals surface area contributed by atoms with Crippen molar-refractivity contribution in [3.05, 3.63) is 66.6 Å². The Morgan fingerprint density at radius 3 is 2.04 bits per heavy atom. The zero-order valence-corrected chi connectivity index (χ0v) is 15.4. The lowest BCUT2D eigenvalue weighted by molar-refractivity contribution is -0.384. The minimum absolute atomic E-state index is 0.0515. The van der Waals surface area contributed by atoms with Crippen molar-refractivity contribution in [3.63, 3.8) is 0 Å². The predicted molar refractivity (Wildman–Crippen MR) is 98.6 cm³/mol. The van der Waals surface area contributed by atoms with E-state index >= 15 is 0 Å². The molecule has 1 heterocycles. The monoisotopic (exact) mass is 427 g/mol. The topological polar surface area (TPSA) is 110 Å². The van der Waals surface area contributed by atoms with E-state index in [9.17, 15) is 24.5 Å². The maximum Gasteiger partial charge on any atom is 0.271 e. The maximum absolute atomic E-state index is 12.4.